The monoisotopic (exact) mass is 308 g/mol. The highest BCUT2D eigenvalue weighted by Crippen LogP contribution is 2.28. The van der Waals surface area contributed by atoms with E-state index < -0.39 is 0 Å². The smallest absolute Gasteiger partial charge is 0.193 e. The maximum atomic E-state index is 4.93. The SMILES string of the molecule is CCNC(=NCC(C)CN1CCCCC1)N1CCC(C)(C)C1. The van der Waals surface area contributed by atoms with Crippen LogP contribution in [0.15, 0.2) is 4.99 Å². The molecular weight excluding hydrogens is 272 g/mol. The first-order valence-electron chi connectivity index (χ1n) is 9.26. The molecule has 2 fully saturated rings. The van der Waals surface area contributed by atoms with Gasteiger partial charge in [0.05, 0.1) is 0 Å². The van der Waals surface area contributed by atoms with E-state index in [4.69, 9.17) is 4.99 Å². The number of likely N-dealkylation sites (tertiary alicyclic amines) is 2. The van der Waals surface area contributed by atoms with Crippen molar-refractivity contribution in [3.05, 3.63) is 0 Å². The van der Waals surface area contributed by atoms with Gasteiger partial charge in [-0.05, 0) is 50.6 Å². The molecule has 4 nitrogen and oxygen atoms in total. The second-order valence-corrected chi connectivity index (χ2v) is 8.00. The lowest BCUT2D eigenvalue weighted by Crippen LogP contribution is -2.41. The van der Waals surface area contributed by atoms with Gasteiger partial charge in [0, 0.05) is 32.7 Å². The fraction of sp³-hybridized carbons (Fsp3) is 0.944. The average Bonchev–Trinajstić information content (AvgIpc) is 2.84. The van der Waals surface area contributed by atoms with E-state index in [1.165, 1.54) is 45.3 Å². The third kappa shape index (κ3) is 5.45. The van der Waals surface area contributed by atoms with Gasteiger partial charge < -0.3 is 15.1 Å². The van der Waals surface area contributed by atoms with Gasteiger partial charge in [-0.3, -0.25) is 4.99 Å². The van der Waals surface area contributed by atoms with Gasteiger partial charge >= 0.3 is 0 Å². The average molecular weight is 309 g/mol. The summed E-state index contributed by atoms with van der Waals surface area (Å²) in [4.78, 5) is 9.99. The summed E-state index contributed by atoms with van der Waals surface area (Å²) < 4.78 is 0. The summed E-state index contributed by atoms with van der Waals surface area (Å²) in [5.41, 5.74) is 0.426. The Morgan fingerprint density at radius 1 is 1.18 bits per heavy atom. The summed E-state index contributed by atoms with van der Waals surface area (Å²) >= 11 is 0. The maximum absolute atomic E-state index is 4.93. The molecule has 0 aliphatic carbocycles. The van der Waals surface area contributed by atoms with Crippen molar-refractivity contribution in [1.29, 1.82) is 0 Å². The number of nitrogens with zero attached hydrogens (tertiary/aromatic N) is 3. The number of hydrogen-bond acceptors (Lipinski definition) is 2. The molecule has 128 valence electrons. The van der Waals surface area contributed by atoms with Crippen molar-refractivity contribution < 1.29 is 0 Å². The molecule has 0 bridgehead atoms. The van der Waals surface area contributed by atoms with E-state index in [9.17, 15) is 0 Å². The Hall–Kier alpha value is -0.770. The zero-order valence-electron chi connectivity index (χ0n) is 15.2. The topological polar surface area (TPSA) is 30.9 Å². The van der Waals surface area contributed by atoms with Crippen molar-refractivity contribution >= 4 is 5.96 Å². The Morgan fingerprint density at radius 3 is 2.50 bits per heavy atom. The number of hydrogen-bond donors (Lipinski definition) is 1. The van der Waals surface area contributed by atoms with Crippen molar-refractivity contribution in [3.63, 3.8) is 0 Å². The molecule has 0 amide bonds. The summed E-state index contributed by atoms with van der Waals surface area (Å²) in [6.07, 6.45) is 5.43. The Balaban J connectivity index is 1.83. The summed E-state index contributed by atoms with van der Waals surface area (Å²) in [6.45, 7) is 17.1. The molecular formula is C18H36N4. The van der Waals surface area contributed by atoms with Gasteiger partial charge in [0.2, 0.25) is 0 Å². The van der Waals surface area contributed by atoms with E-state index in [1.807, 2.05) is 0 Å². The molecule has 2 saturated heterocycles. The molecule has 22 heavy (non-hydrogen) atoms. The highest BCUT2D eigenvalue weighted by atomic mass is 15.3. The van der Waals surface area contributed by atoms with Gasteiger partial charge in [0.15, 0.2) is 5.96 Å². The Labute approximate surface area is 137 Å². The van der Waals surface area contributed by atoms with Crippen LogP contribution in [-0.4, -0.2) is 61.6 Å². The van der Waals surface area contributed by atoms with Crippen LogP contribution < -0.4 is 5.32 Å². The van der Waals surface area contributed by atoms with Gasteiger partial charge in [-0.25, -0.2) is 0 Å². The number of rotatable bonds is 5. The molecule has 0 aromatic carbocycles. The van der Waals surface area contributed by atoms with Gasteiger partial charge in [-0.15, -0.1) is 0 Å². The quantitative estimate of drug-likeness (QED) is 0.626. The van der Waals surface area contributed by atoms with E-state index in [0.717, 1.165) is 32.1 Å². The lowest BCUT2D eigenvalue weighted by Gasteiger charge is -2.29. The number of nitrogens with one attached hydrogen (secondary N) is 1. The summed E-state index contributed by atoms with van der Waals surface area (Å²) in [6, 6.07) is 0. The van der Waals surface area contributed by atoms with E-state index in [0.29, 0.717) is 11.3 Å². The number of guanidine groups is 1. The van der Waals surface area contributed by atoms with Crippen LogP contribution in [0.1, 0.15) is 53.4 Å². The van der Waals surface area contributed by atoms with Crippen LogP contribution >= 0.6 is 0 Å². The van der Waals surface area contributed by atoms with Crippen LogP contribution in [0.25, 0.3) is 0 Å². The Bertz CT molecular complexity index is 358. The summed E-state index contributed by atoms with van der Waals surface area (Å²) in [5, 5.41) is 3.48. The van der Waals surface area contributed by atoms with Crippen LogP contribution in [0.3, 0.4) is 0 Å². The summed E-state index contributed by atoms with van der Waals surface area (Å²) in [5.74, 6) is 1.76. The molecule has 0 saturated carbocycles. The van der Waals surface area contributed by atoms with Crippen molar-refractivity contribution in [2.75, 3.05) is 45.8 Å². The lowest BCUT2D eigenvalue weighted by atomic mass is 9.93. The minimum absolute atomic E-state index is 0.426. The fourth-order valence-electron chi connectivity index (χ4n) is 3.60. The third-order valence-corrected chi connectivity index (χ3v) is 4.88. The zero-order chi connectivity index (χ0) is 16.0. The van der Waals surface area contributed by atoms with Crippen molar-refractivity contribution in [3.8, 4) is 0 Å². The van der Waals surface area contributed by atoms with Crippen LogP contribution in [-0.2, 0) is 0 Å². The molecule has 1 atom stereocenters. The predicted molar refractivity (Wildman–Crippen MR) is 95.4 cm³/mol. The Kier molecular flexibility index (Phi) is 6.54. The number of piperidine rings is 1. The standard InChI is InChI=1S/C18H36N4/c1-5-19-17(22-12-9-18(3,4)15-22)20-13-16(2)14-21-10-7-6-8-11-21/h16H,5-15H2,1-4H3,(H,19,20). The molecule has 0 aromatic rings. The molecule has 2 heterocycles. The minimum Gasteiger partial charge on any atom is -0.357 e. The molecule has 2 rings (SSSR count). The first-order valence-corrected chi connectivity index (χ1v) is 9.26. The highest BCUT2D eigenvalue weighted by molar-refractivity contribution is 5.80. The predicted octanol–water partition coefficient (Wildman–Crippen LogP) is 2.81. The van der Waals surface area contributed by atoms with Crippen LogP contribution in [0.5, 0.6) is 0 Å². The molecule has 1 N–H and O–H groups in total. The van der Waals surface area contributed by atoms with Gasteiger partial charge in [0.25, 0.3) is 0 Å². The first kappa shape index (κ1) is 17.6. The fourth-order valence-corrected chi connectivity index (χ4v) is 3.60. The Morgan fingerprint density at radius 2 is 1.91 bits per heavy atom. The molecule has 0 radical (unpaired) electrons. The van der Waals surface area contributed by atoms with Crippen molar-refractivity contribution in [2.24, 2.45) is 16.3 Å². The van der Waals surface area contributed by atoms with E-state index in [-0.39, 0.29) is 0 Å². The van der Waals surface area contributed by atoms with E-state index in [2.05, 4.69) is 42.8 Å². The lowest BCUT2D eigenvalue weighted by molar-refractivity contribution is 0.202. The van der Waals surface area contributed by atoms with Gasteiger partial charge in [-0.1, -0.05) is 27.2 Å². The summed E-state index contributed by atoms with van der Waals surface area (Å²) in [7, 11) is 0. The van der Waals surface area contributed by atoms with Gasteiger partial charge in [0.1, 0.15) is 0 Å². The molecule has 2 aliphatic heterocycles. The van der Waals surface area contributed by atoms with Crippen LogP contribution in [0, 0.1) is 11.3 Å². The minimum atomic E-state index is 0.426. The van der Waals surface area contributed by atoms with E-state index in [1.54, 1.807) is 0 Å². The third-order valence-electron chi connectivity index (χ3n) is 4.88. The molecule has 4 heteroatoms. The van der Waals surface area contributed by atoms with Crippen LogP contribution in [0.2, 0.25) is 0 Å². The zero-order valence-corrected chi connectivity index (χ0v) is 15.2. The van der Waals surface area contributed by atoms with E-state index >= 15 is 0 Å². The first-order chi connectivity index (χ1) is 10.5. The maximum Gasteiger partial charge on any atom is 0.193 e. The normalized spacial score (nSPS) is 24.5. The number of aliphatic imine (C=N–C) groups is 1. The van der Waals surface area contributed by atoms with Crippen molar-refractivity contribution in [2.45, 2.75) is 53.4 Å². The molecule has 0 spiro atoms. The van der Waals surface area contributed by atoms with Gasteiger partial charge in [-0.2, -0.15) is 0 Å². The highest BCUT2D eigenvalue weighted by Gasteiger charge is 2.30. The second kappa shape index (κ2) is 8.19. The van der Waals surface area contributed by atoms with Crippen molar-refractivity contribution in [1.82, 2.24) is 15.1 Å². The second-order valence-electron chi connectivity index (χ2n) is 8.00. The van der Waals surface area contributed by atoms with Crippen LogP contribution in [0.4, 0.5) is 0 Å². The largest absolute Gasteiger partial charge is 0.357 e. The molecule has 0 aromatic heterocycles. The molecule has 1 unspecified atom stereocenters. The molecule has 2 aliphatic rings.